The molecule has 0 nitrogen and oxygen atoms in total. The number of hydrogen-bond donors (Lipinski definition) is 0. The van der Waals surface area contributed by atoms with E-state index in [4.69, 9.17) is 0 Å². The van der Waals surface area contributed by atoms with E-state index >= 15 is 0 Å². The molecule has 0 atom stereocenters. The summed E-state index contributed by atoms with van der Waals surface area (Å²) in [6, 6.07) is 15.8. The van der Waals surface area contributed by atoms with E-state index < -0.39 is 24.8 Å². The molecule has 0 unspecified atom stereocenters. The Morgan fingerprint density at radius 3 is 0.723 bits per heavy atom. The average molecular weight is 755 g/mol. The van der Waals surface area contributed by atoms with Gasteiger partial charge in [0.1, 0.15) is 0 Å². The van der Waals surface area contributed by atoms with E-state index in [2.05, 4.69) is 161 Å². The zero-order chi connectivity index (χ0) is 35.7. The minimum atomic E-state index is -2.14. The molecule has 1 radical (unpaired) electrons. The molecule has 3 aromatic rings. The van der Waals surface area contributed by atoms with Crippen LogP contribution in [0, 0.1) is 0 Å². The van der Waals surface area contributed by atoms with Crippen LogP contribution in [0.3, 0.4) is 0 Å². The molecule has 0 amide bonds. The predicted octanol–water partition coefficient (Wildman–Crippen LogP) is 11.9. The molecule has 0 saturated carbocycles. The molecule has 0 fully saturated rings. The van der Waals surface area contributed by atoms with Crippen LogP contribution in [0.5, 0.6) is 0 Å². The average Bonchev–Trinajstić information content (AvgIpc) is 2.97. The molecule has 0 aliphatic heterocycles. The van der Waals surface area contributed by atoms with Crippen molar-refractivity contribution in [1.29, 1.82) is 0 Å². The van der Waals surface area contributed by atoms with Gasteiger partial charge in [-0.25, -0.2) is 0 Å². The van der Waals surface area contributed by atoms with Crippen molar-refractivity contribution in [3.63, 3.8) is 0 Å². The van der Waals surface area contributed by atoms with Gasteiger partial charge in [-0.1, -0.05) is 0 Å². The fraction of sp³-hybridized carbons (Fsp3) is 0.600. The molecular weight excluding hydrogens is 686 g/mol. The molecule has 0 aliphatic carbocycles. The first-order valence-corrected chi connectivity index (χ1v) is 28.6. The molecule has 3 aromatic carbocycles. The summed E-state index contributed by atoms with van der Waals surface area (Å²) in [5, 5.41) is 0. The Hall–Kier alpha value is -1.25. The quantitative estimate of drug-likeness (QED) is 0.162. The fourth-order valence-electron chi connectivity index (χ4n) is 6.96. The third kappa shape index (κ3) is 9.11. The fourth-order valence-corrected chi connectivity index (χ4v) is 31.0. The Kier molecular flexibility index (Phi) is 14.2. The number of benzene rings is 3. The van der Waals surface area contributed by atoms with Crippen molar-refractivity contribution in [1.82, 2.24) is 0 Å². The summed E-state index contributed by atoms with van der Waals surface area (Å²) in [7, 11) is 0. The van der Waals surface area contributed by atoms with E-state index in [1.807, 2.05) is 8.79 Å². The molecule has 0 spiro atoms. The first kappa shape index (κ1) is 40.2. The van der Waals surface area contributed by atoms with Crippen LogP contribution < -0.4 is 13.2 Å². The molecule has 47 heavy (non-hydrogen) atoms. The molecule has 3 rings (SSSR count). The van der Waals surface area contributed by atoms with Gasteiger partial charge in [-0.2, -0.15) is 0 Å². The summed E-state index contributed by atoms with van der Waals surface area (Å²) < 4.78 is 5.46. The second-order valence-corrected chi connectivity index (χ2v) is 30.5. The van der Waals surface area contributed by atoms with Crippen molar-refractivity contribution in [3.8, 4) is 0 Å². The standard InChI is InChI=1S/C45H69Ge2/c1-25(2)34-19-37(28(7)8)43(38(20-34)29(9)10)46-47(44-39(30(11)12)21-35(26(3)4)22-40(44)31(13)14)45-41(32(15)16)23-36(27(5)6)24-42(45)33(17)18/h19-33H,1-18H3. The molecule has 0 bridgehead atoms. The van der Waals surface area contributed by atoms with Crippen molar-refractivity contribution >= 4 is 37.9 Å². The van der Waals surface area contributed by atoms with Crippen LogP contribution in [-0.4, -0.2) is 24.8 Å². The summed E-state index contributed by atoms with van der Waals surface area (Å²) in [5.41, 5.74) is 14.5. The van der Waals surface area contributed by atoms with Crippen molar-refractivity contribution in [2.45, 2.75) is 178 Å². The first-order valence-electron chi connectivity index (χ1n) is 19.0. The zero-order valence-corrected chi connectivity index (χ0v) is 37.9. The summed E-state index contributed by atoms with van der Waals surface area (Å²) in [6.45, 7) is 43.8. The molecule has 0 saturated heterocycles. The second-order valence-electron chi connectivity index (χ2n) is 17.1. The van der Waals surface area contributed by atoms with Gasteiger partial charge >= 0.3 is 302 Å². The molecule has 257 valence electrons. The Balaban J connectivity index is 2.81. The van der Waals surface area contributed by atoms with Gasteiger partial charge < -0.3 is 0 Å². The van der Waals surface area contributed by atoms with E-state index in [1.54, 1.807) is 37.8 Å². The zero-order valence-electron chi connectivity index (χ0n) is 33.7. The van der Waals surface area contributed by atoms with E-state index in [1.165, 1.54) is 16.7 Å². The van der Waals surface area contributed by atoms with Crippen molar-refractivity contribution < 1.29 is 0 Å². The van der Waals surface area contributed by atoms with Crippen LogP contribution in [-0.2, 0) is 0 Å². The predicted molar refractivity (Wildman–Crippen MR) is 217 cm³/mol. The van der Waals surface area contributed by atoms with Crippen molar-refractivity contribution in [3.05, 3.63) is 86.5 Å². The monoisotopic (exact) mass is 757 g/mol. The van der Waals surface area contributed by atoms with Crippen molar-refractivity contribution in [2.75, 3.05) is 0 Å². The molecule has 2 heteroatoms. The Labute approximate surface area is 300 Å². The van der Waals surface area contributed by atoms with Crippen LogP contribution in [0.4, 0.5) is 0 Å². The summed E-state index contributed by atoms with van der Waals surface area (Å²) >= 11 is -2.64. The van der Waals surface area contributed by atoms with Gasteiger partial charge in [0.25, 0.3) is 0 Å². The molecule has 0 heterocycles. The van der Waals surface area contributed by atoms with Gasteiger partial charge in [-0.3, -0.25) is 0 Å². The van der Waals surface area contributed by atoms with Gasteiger partial charge in [0.15, 0.2) is 0 Å². The summed E-state index contributed by atoms with van der Waals surface area (Å²) in [4.78, 5) is 0. The third-order valence-electron chi connectivity index (χ3n) is 10.1. The Morgan fingerprint density at radius 2 is 0.532 bits per heavy atom. The van der Waals surface area contributed by atoms with Gasteiger partial charge in [-0.15, -0.1) is 0 Å². The van der Waals surface area contributed by atoms with Gasteiger partial charge in [0.05, 0.1) is 0 Å². The van der Waals surface area contributed by atoms with Gasteiger partial charge in [0, 0.05) is 0 Å². The SMILES string of the molecule is CC(C)c1cc(C(C)C)[c]([Ge]=[Ge]([c]2c(C(C)C)cc(C(C)C)cc2C(C)C)[c]2c(C(C)C)cc(C(C)C)cc2C(C)C)c(C(C)C)c1. The normalized spacial score (nSPS) is 12.5. The minimum absolute atomic E-state index is 0.498. The molecule has 0 N–H and O–H groups in total. The topological polar surface area (TPSA) is 0 Å². The van der Waals surface area contributed by atoms with Crippen LogP contribution in [0.2, 0.25) is 0 Å². The van der Waals surface area contributed by atoms with Crippen LogP contribution in [0.1, 0.15) is 228 Å². The molecule has 0 aromatic heterocycles. The van der Waals surface area contributed by atoms with Crippen molar-refractivity contribution in [2.24, 2.45) is 0 Å². The number of hydrogen-bond acceptors (Lipinski definition) is 0. The summed E-state index contributed by atoms with van der Waals surface area (Å²) in [6.07, 6.45) is 0. The van der Waals surface area contributed by atoms with Crippen LogP contribution >= 0.6 is 0 Å². The van der Waals surface area contributed by atoms with E-state index in [-0.39, 0.29) is 0 Å². The summed E-state index contributed by atoms with van der Waals surface area (Å²) in [5.74, 6) is 4.69. The maximum atomic E-state index is 2.65. The van der Waals surface area contributed by atoms with Gasteiger partial charge in [-0.05, 0) is 0 Å². The Morgan fingerprint density at radius 1 is 0.319 bits per heavy atom. The maximum absolute atomic E-state index is 2.65. The Bertz CT molecular complexity index is 1390. The number of rotatable bonds is 12. The van der Waals surface area contributed by atoms with E-state index in [9.17, 15) is 0 Å². The second kappa shape index (κ2) is 16.6. The van der Waals surface area contributed by atoms with Gasteiger partial charge in [0.2, 0.25) is 0 Å². The van der Waals surface area contributed by atoms with Crippen LogP contribution in [0.15, 0.2) is 36.4 Å². The molecular formula is C45H69Ge2. The first-order chi connectivity index (χ1) is 21.8. The van der Waals surface area contributed by atoms with E-state index in [0.29, 0.717) is 53.3 Å². The third-order valence-corrected chi connectivity index (χ3v) is 27.8. The van der Waals surface area contributed by atoms with E-state index in [0.717, 1.165) is 0 Å². The molecule has 0 aliphatic rings. The van der Waals surface area contributed by atoms with Crippen LogP contribution in [0.25, 0.3) is 0 Å².